The number of nitrogens with zero attached hydrogens (tertiary/aromatic N) is 3. The minimum absolute atomic E-state index is 0.0535. The summed E-state index contributed by atoms with van der Waals surface area (Å²) in [5.74, 6) is 0.831. The number of aliphatic hydroxyl groups is 1. The number of hydrogen-bond acceptors (Lipinski definition) is 5. The van der Waals surface area contributed by atoms with E-state index in [-0.39, 0.29) is 18.6 Å². The highest BCUT2D eigenvalue weighted by Crippen LogP contribution is 2.22. The van der Waals surface area contributed by atoms with Gasteiger partial charge in [-0.25, -0.2) is 0 Å². The monoisotopic (exact) mass is 372 g/mol. The Labute approximate surface area is 159 Å². The Kier molecular flexibility index (Phi) is 6.13. The lowest BCUT2D eigenvalue weighted by Gasteiger charge is -2.41. The van der Waals surface area contributed by atoms with Crippen LogP contribution in [-0.2, 0) is 6.54 Å². The Hall–Kier alpha value is -2.38. The van der Waals surface area contributed by atoms with Crippen molar-refractivity contribution < 1.29 is 14.6 Å². The van der Waals surface area contributed by atoms with E-state index in [4.69, 9.17) is 4.74 Å². The molecule has 3 rings (SSSR count). The number of carbonyl (C=O) groups excluding carboxylic acids is 1. The van der Waals surface area contributed by atoms with E-state index >= 15 is 0 Å². The summed E-state index contributed by atoms with van der Waals surface area (Å²) >= 11 is 0. The third-order valence-corrected chi connectivity index (χ3v) is 5.12. The van der Waals surface area contributed by atoms with Crippen molar-refractivity contribution in [2.75, 3.05) is 33.4 Å². The van der Waals surface area contributed by atoms with Crippen LogP contribution >= 0.6 is 0 Å². The Morgan fingerprint density at radius 3 is 2.78 bits per heavy atom. The number of aliphatic hydroxyl groups excluding tert-OH is 1. The van der Waals surface area contributed by atoms with Crippen LogP contribution in [0.4, 0.5) is 0 Å². The van der Waals surface area contributed by atoms with Crippen molar-refractivity contribution in [2.45, 2.75) is 32.9 Å². The van der Waals surface area contributed by atoms with Crippen molar-refractivity contribution in [3.05, 3.63) is 46.8 Å². The van der Waals surface area contributed by atoms with Gasteiger partial charge in [0.05, 0.1) is 7.11 Å². The molecule has 0 unspecified atom stereocenters. The van der Waals surface area contributed by atoms with Gasteiger partial charge in [-0.1, -0.05) is 12.1 Å². The summed E-state index contributed by atoms with van der Waals surface area (Å²) in [6.07, 6.45) is 0.637. The molecule has 1 fully saturated rings. The standard InChI is InChI=1S/C20H28N4O3/c1-14-10-16(4-5-19(14)27-3)12-23-7-8-24(13-17(23)6-9-25)20(26)18-11-15(2)21-22-18/h4-5,10-11,17,25H,6-9,12-13H2,1-3H3,(H,21,22)/t17-/m1/s1. The quantitative estimate of drug-likeness (QED) is 0.807. The molecule has 1 aliphatic heterocycles. The number of H-pyrrole nitrogens is 1. The van der Waals surface area contributed by atoms with Gasteiger partial charge in [-0.2, -0.15) is 5.10 Å². The van der Waals surface area contributed by atoms with Gasteiger partial charge in [0.2, 0.25) is 0 Å². The van der Waals surface area contributed by atoms with E-state index in [0.717, 1.165) is 30.1 Å². The number of aryl methyl sites for hydroxylation is 2. The summed E-state index contributed by atoms with van der Waals surface area (Å²) in [5.41, 5.74) is 3.64. The number of hydrogen-bond donors (Lipinski definition) is 2. The Balaban J connectivity index is 1.69. The van der Waals surface area contributed by atoms with Gasteiger partial charge in [0.25, 0.3) is 5.91 Å². The van der Waals surface area contributed by atoms with E-state index in [1.54, 1.807) is 13.2 Å². The first-order valence-electron chi connectivity index (χ1n) is 9.31. The molecule has 7 heteroatoms. The molecule has 1 aliphatic rings. The lowest BCUT2D eigenvalue weighted by Crippen LogP contribution is -2.54. The van der Waals surface area contributed by atoms with Gasteiger partial charge in [0.15, 0.2) is 0 Å². The van der Waals surface area contributed by atoms with Gasteiger partial charge in [0.1, 0.15) is 11.4 Å². The van der Waals surface area contributed by atoms with Crippen molar-refractivity contribution in [1.29, 1.82) is 0 Å². The molecule has 27 heavy (non-hydrogen) atoms. The Morgan fingerprint density at radius 2 is 2.15 bits per heavy atom. The van der Waals surface area contributed by atoms with Gasteiger partial charge in [-0.3, -0.25) is 14.8 Å². The summed E-state index contributed by atoms with van der Waals surface area (Å²) in [6.45, 7) is 6.83. The highest BCUT2D eigenvalue weighted by Gasteiger charge is 2.30. The third-order valence-electron chi connectivity index (χ3n) is 5.12. The zero-order valence-corrected chi connectivity index (χ0v) is 16.2. The number of carbonyl (C=O) groups is 1. The zero-order valence-electron chi connectivity index (χ0n) is 16.2. The summed E-state index contributed by atoms with van der Waals surface area (Å²) in [5, 5.41) is 16.4. The summed E-state index contributed by atoms with van der Waals surface area (Å²) in [7, 11) is 1.68. The molecule has 0 aliphatic carbocycles. The molecule has 0 radical (unpaired) electrons. The molecule has 0 saturated carbocycles. The number of amides is 1. The average molecular weight is 372 g/mol. The molecule has 0 spiro atoms. The van der Waals surface area contributed by atoms with Crippen LogP contribution < -0.4 is 4.74 Å². The lowest BCUT2D eigenvalue weighted by atomic mass is 10.1. The minimum Gasteiger partial charge on any atom is -0.496 e. The number of aromatic amines is 1. The largest absolute Gasteiger partial charge is 0.496 e. The van der Waals surface area contributed by atoms with E-state index in [0.29, 0.717) is 25.2 Å². The number of piperazine rings is 1. The second-order valence-electron chi connectivity index (χ2n) is 7.13. The van der Waals surface area contributed by atoms with Crippen LogP contribution in [0.1, 0.15) is 33.7 Å². The summed E-state index contributed by atoms with van der Waals surface area (Å²) < 4.78 is 5.33. The molecule has 1 aromatic heterocycles. The highest BCUT2D eigenvalue weighted by molar-refractivity contribution is 5.92. The van der Waals surface area contributed by atoms with Crippen LogP contribution in [0.5, 0.6) is 5.75 Å². The van der Waals surface area contributed by atoms with E-state index < -0.39 is 0 Å². The predicted octanol–water partition coefficient (Wildman–Crippen LogP) is 1.74. The van der Waals surface area contributed by atoms with Crippen LogP contribution in [0.25, 0.3) is 0 Å². The molecule has 2 aromatic rings. The molecular formula is C20H28N4O3. The van der Waals surface area contributed by atoms with Crippen molar-refractivity contribution in [2.24, 2.45) is 0 Å². The topological polar surface area (TPSA) is 81.7 Å². The molecule has 2 N–H and O–H groups in total. The number of methoxy groups -OCH3 is 1. The van der Waals surface area contributed by atoms with E-state index in [1.165, 1.54) is 5.56 Å². The first-order valence-corrected chi connectivity index (χ1v) is 9.31. The highest BCUT2D eigenvalue weighted by atomic mass is 16.5. The molecule has 146 valence electrons. The van der Waals surface area contributed by atoms with Gasteiger partial charge < -0.3 is 14.7 Å². The van der Waals surface area contributed by atoms with Gasteiger partial charge in [0, 0.05) is 44.5 Å². The molecular weight excluding hydrogens is 344 g/mol. The molecule has 1 aromatic carbocycles. The second-order valence-corrected chi connectivity index (χ2v) is 7.13. The van der Waals surface area contributed by atoms with E-state index in [1.807, 2.05) is 24.8 Å². The SMILES string of the molecule is COc1ccc(CN2CCN(C(=O)c3cc(C)[nH]n3)C[C@H]2CCO)cc1C. The van der Waals surface area contributed by atoms with Crippen LogP contribution in [0.15, 0.2) is 24.3 Å². The van der Waals surface area contributed by atoms with Crippen molar-refractivity contribution >= 4 is 5.91 Å². The molecule has 1 saturated heterocycles. The summed E-state index contributed by atoms with van der Waals surface area (Å²) in [6, 6.07) is 8.10. The fourth-order valence-electron chi connectivity index (χ4n) is 3.67. The van der Waals surface area contributed by atoms with Crippen LogP contribution in [0.3, 0.4) is 0 Å². The first kappa shape index (κ1) is 19.4. The Morgan fingerprint density at radius 1 is 1.33 bits per heavy atom. The average Bonchev–Trinajstić information content (AvgIpc) is 3.09. The summed E-state index contributed by atoms with van der Waals surface area (Å²) in [4.78, 5) is 16.9. The van der Waals surface area contributed by atoms with Crippen molar-refractivity contribution in [3.8, 4) is 5.75 Å². The third kappa shape index (κ3) is 4.48. The maximum Gasteiger partial charge on any atom is 0.274 e. The Bertz CT molecular complexity index is 789. The fourth-order valence-corrected chi connectivity index (χ4v) is 3.67. The fraction of sp³-hybridized carbons (Fsp3) is 0.500. The molecule has 2 heterocycles. The maximum atomic E-state index is 12.7. The predicted molar refractivity (Wildman–Crippen MR) is 103 cm³/mol. The van der Waals surface area contributed by atoms with Crippen LogP contribution in [0.2, 0.25) is 0 Å². The first-order chi connectivity index (χ1) is 13.0. The zero-order chi connectivity index (χ0) is 19.4. The van der Waals surface area contributed by atoms with Crippen LogP contribution in [0, 0.1) is 13.8 Å². The molecule has 1 amide bonds. The molecule has 7 nitrogen and oxygen atoms in total. The number of ether oxygens (including phenoxy) is 1. The lowest BCUT2D eigenvalue weighted by molar-refractivity contribution is 0.0391. The minimum atomic E-state index is -0.0535. The molecule has 0 bridgehead atoms. The number of rotatable bonds is 6. The van der Waals surface area contributed by atoms with Gasteiger partial charge in [-0.15, -0.1) is 0 Å². The van der Waals surface area contributed by atoms with Gasteiger partial charge >= 0.3 is 0 Å². The normalized spacial score (nSPS) is 17.9. The molecule has 1 atom stereocenters. The van der Waals surface area contributed by atoms with Crippen LogP contribution in [-0.4, -0.2) is 70.4 Å². The number of aromatic nitrogens is 2. The maximum absolute atomic E-state index is 12.7. The number of nitrogens with one attached hydrogen (secondary N) is 1. The van der Waals surface area contributed by atoms with E-state index in [2.05, 4.69) is 27.2 Å². The second kappa shape index (κ2) is 8.54. The van der Waals surface area contributed by atoms with Crippen molar-refractivity contribution in [1.82, 2.24) is 20.0 Å². The van der Waals surface area contributed by atoms with Gasteiger partial charge in [-0.05, 0) is 43.5 Å². The smallest absolute Gasteiger partial charge is 0.274 e. The number of benzene rings is 1. The van der Waals surface area contributed by atoms with Crippen molar-refractivity contribution in [3.63, 3.8) is 0 Å². The van der Waals surface area contributed by atoms with E-state index in [9.17, 15) is 9.90 Å².